The number of hydrogen-bond acceptors (Lipinski definition) is 4. The molecule has 1 N–H and O–H groups in total. The molecule has 0 spiro atoms. The Balaban J connectivity index is 1.97. The maximum absolute atomic E-state index is 10.8. The molecule has 0 aliphatic carbocycles. The summed E-state index contributed by atoms with van der Waals surface area (Å²) in [6, 6.07) is 1.72. The van der Waals surface area contributed by atoms with Gasteiger partial charge >= 0.3 is 5.97 Å². The van der Waals surface area contributed by atoms with Gasteiger partial charge in [-0.3, -0.25) is 0 Å². The molecule has 0 aromatic carbocycles. The Kier molecular flexibility index (Phi) is 4.61. The number of piperidine rings is 1. The predicted octanol–water partition coefficient (Wildman–Crippen LogP) is 2.30. The predicted molar refractivity (Wildman–Crippen MR) is 72.0 cm³/mol. The molecule has 1 aliphatic rings. The minimum absolute atomic E-state index is 0.0622. The highest BCUT2D eigenvalue weighted by atomic mass is 35.5. The van der Waals surface area contributed by atoms with Crippen LogP contribution >= 0.6 is 11.6 Å². The zero-order valence-electron chi connectivity index (χ0n) is 10.8. The number of aromatic nitrogens is 1. The molecular weight excluding hydrogens is 268 g/mol. The van der Waals surface area contributed by atoms with Crippen molar-refractivity contribution in [1.82, 2.24) is 9.88 Å². The van der Waals surface area contributed by atoms with Gasteiger partial charge in [0.15, 0.2) is 0 Å². The van der Waals surface area contributed by atoms with Crippen LogP contribution in [0.5, 0.6) is 5.88 Å². The van der Waals surface area contributed by atoms with E-state index in [1.165, 1.54) is 25.1 Å². The number of nitrogens with zero attached hydrogens (tertiary/aromatic N) is 2. The number of rotatable bonds is 4. The molecular formula is C13H17ClN2O3. The summed E-state index contributed by atoms with van der Waals surface area (Å²) < 4.78 is 5.60. The van der Waals surface area contributed by atoms with Gasteiger partial charge in [-0.05, 0) is 32.5 Å². The quantitative estimate of drug-likeness (QED) is 0.919. The van der Waals surface area contributed by atoms with Crippen LogP contribution in [-0.4, -0.2) is 47.2 Å². The second-order valence-corrected chi connectivity index (χ2v) is 5.16. The minimum atomic E-state index is -1.05. The lowest BCUT2D eigenvalue weighted by Gasteiger charge is -2.32. The molecule has 5 nitrogen and oxygen atoms in total. The second-order valence-electron chi connectivity index (χ2n) is 4.76. The van der Waals surface area contributed by atoms with E-state index in [1.807, 2.05) is 0 Å². The number of carboxylic acids is 1. The molecule has 2 rings (SSSR count). The normalized spacial score (nSPS) is 20.2. The first kappa shape index (κ1) is 14.1. The van der Waals surface area contributed by atoms with E-state index in [4.69, 9.17) is 21.4 Å². The summed E-state index contributed by atoms with van der Waals surface area (Å²) in [5.74, 6) is -0.751. The smallest absolute Gasteiger partial charge is 0.337 e. The zero-order valence-corrected chi connectivity index (χ0v) is 11.6. The van der Waals surface area contributed by atoms with Crippen molar-refractivity contribution < 1.29 is 14.6 Å². The van der Waals surface area contributed by atoms with E-state index in [-0.39, 0.29) is 10.6 Å². The molecule has 1 aromatic heterocycles. The van der Waals surface area contributed by atoms with Crippen molar-refractivity contribution in [3.8, 4) is 5.88 Å². The van der Waals surface area contributed by atoms with Crippen molar-refractivity contribution in [1.29, 1.82) is 0 Å². The van der Waals surface area contributed by atoms with Crippen LogP contribution in [-0.2, 0) is 0 Å². The molecule has 1 unspecified atom stereocenters. The number of carbonyl (C=O) groups is 1. The van der Waals surface area contributed by atoms with Crippen LogP contribution in [0.1, 0.15) is 29.6 Å². The Bertz CT molecular complexity index is 467. The number of aromatic carboxylic acids is 1. The number of halogens is 1. The van der Waals surface area contributed by atoms with Gasteiger partial charge < -0.3 is 14.7 Å². The van der Waals surface area contributed by atoms with Crippen LogP contribution in [0, 0.1) is 0 Å². The Morgan fingerprint density at radius 1 is 1.63 bits per heavy atom. The Hall–Kier alpha value is -1.33. The van der Waals surface area contributed by atoms with Crippen LogP contribution in [0.25, 0.3) is 0 Å². The second kappa shape index (κ2) is 6.21. The lowest BCUT2D eigenvalue weighted by atomic mass is 10.0. The van der Waals surface area contributed by atoms with Gasteiger partial charge in [-0.15, -0.1) is 0 Å². The molecule has 1 aromatic rings. The van der Waals surface area contributed by atoms with Gasteiger partial charge in [-0.2, -0.15) is 0 Å². The van der Waals surface area contributed by atoms with Gasteiger partial charge in [0, 0.05) is 12.2 Å². The Labute approximate surface area is 117 Å². The fraction of sp³-hybridized carbons (Fsp3) is 0.538. The van der Waals surface area contributed by atoms with Gasteiger partial charge in [-0.25, -0.2) is 9.78 Å². The standard InChI is InChI=1S/C13H17ClN2O3/c1-16-5-3-2-4-10(16)8-19-12-11(14)6-9(7-15-12)13(17)18/h6-7,10H,2-5,8H2,1H3,(H,17,18). The molecule has 0 amide bonds. The molecule has 6 heteroatoms. The van der Waals surface area contributed by atoms with Crippen molar-refractivity contribution in [3.05, 3.63) is 22.8 Å². The highest BCUT2D eigenvalue weighted by molar-refractivity contribution is 6.32. The molecule has 0 saturated carbocycles. The van der Waals surface area contributed by atoms with E-state index in [9.17, 15) is 4.79 Å². The third-order valence-electron chi connectivity index (χ3n) is 3.39. The molecule has 1 atom stereocenters. The van der Waals surface area contributed by atoms with E-state index in [0.717, 1.165) is 13.0 Å². The van der Waals surface area contributed by atoms with Gasteiger partial charge in [0.2, 0.25) is 5.88 Å². The number of hydrogen-bond donors (Lipinski definition) is 1. The topological polar surface area (TPSA) is 62.7 Å². The molecule has 104 valence electrons. The molecule has 1 aliphatic heterocycles. The van der Waals surface area contributed by atoms with Crippen LogP contribution < -0.4 is 4.74 Å². The monoisotopic (exact) mass is 284 g/mol. The Morgan fingerprint density at radius 3 is 3.05 bits per heavy atom. The van der Waals surface area contributed by atoms with Crippen LogP contribution in [0.4, 0.5) is 0 Å². The maximum atomic E-state index is 10.8. The summed E-state index contributed by atoms with van der Waals surface area (Å²) >= 11 is 5.96. The lowest BCUT2D eigenvalue weighted by Crippen LogP contribution is -2.40. The summed E-state index contributed by atoms with van der Waals surface area (Å²) in [7, 11) is 2.08. The van der Waals surface area contributed by atoms with Crippen molar-refractivity contribution >= 4 is 17.6 Å². The first-order chi connectivity index (χ1) is 9.08. The molecule has 0 bridgehead atoms. The number of likely N-dealkylation sites (tertiary alicyclic amines) is 1. The number of ether oxygens (including phenoxy) is 1. The lowest BCUT2D eigenvalue weighted by molar-refractivity contribution is 0.0696. The molecule has 2 heterocycles. The van der Waals surface area contributed by atoms with E-state index < -0.39 is 5.97 Å². The third kappa shape index (κ3) is 3.58. The first-order valence-corrected chi connectivity index (χ1v) is 6.67. The van der Waals surface area contributed by atoms with Gasteiger partial charge in [0.05, 0.1) is 5.56 Å². The summed E-state index contributed by atoms with van der Waals surface area (Å²) in [6.07, 6.45) is 4.78. The van der Waals surface area contributed by atoms with Crippen LogP contribution in [0.15, 0.2) is 12.3 Å². The van der Waals surface area contributed by atoms with Crippen molar-refractivity contribution in [2.45, 2.75) is 25.3 Å². The average molecular weight is 285 g/mol. The highest BCUT2D eigenvalue weighted by Crippen LogP contribution is 2.24. The summed E-state index contributed by atoms with van der Waals surface area (Å²) in [6.45, 7) is 1.60. The summed E-state index contributed by atoms with van der Waals surface area (Å²) in [4.78, 5) is 17.0. The average Bonchev–Trinajstić information content (AvgIpc) is 2.39. The highest BCUT2D eigenvalue weighted by Gasteiger charge is 2.20. The maximum Gasteiger partial charge on any atom is 0.337 e. The molecule has 1 saturated heterocycles. The number of pyridine rings is 1. The minimum Gasteiger partial charge on any atom is -0.478 e. The zero-order chi connectivity index (χ0) is 13.8. The fourth-order valence-electron chi connectivity index (χ4n) is 2.18. The van der Waals surface area contributed by atoms with E-state index in [1.54, 1.807) is 0 Å². The van der Waals surface area contributed by atoms with E-state index in [0.29, 0.717) is 18.5 Å². The van der Waals surface area contributed by atoms with E-state index in [2.05, 4.69) is 16.9 Å². The Morgan fingerprint density at radius 2 is 2.42 bits per heavy atom. The largest absolute Gasteiger partial charge is 0.478 e. The number of likely N-dealkylation sites (N-methyl/N-ethyl adjacent to an activating group) is 1. The summed E-state index contributed by atoms with van der Waals surface area (Å²) in [5, 5.41) is 9.06. The van der Waals surface area contributed by atoms with Crippen molar-refractivity contribution in [2.75, 3.05) is 20.2 Å². The molecule has 19 heavy (non-hydrogen) atoms. The van der Waals surface area contributed by atoms with Gasteiger partial charge in [-0.1, -0.05) is 18.0 Å². The fourth-order valence-corrected chi connectivity index (χ4v) is 2.40. The van der Waals surface area contributed by atoms with Crippen LogP contribution in [0.2, 0.25) is 5.02 Å². The van der Waals surface area contributed by atoms with Gasteiger partial charge in [0.25, 0.3) is 0 Å². The van der Waals surface area contributed by atoms with Crippen molar-refractivity contribution in [3.63, 3.8) is 0 Å². The number of carboxylic acid groups (broad SMARTS) is 1. The van der Waals surface area contributed by atoms with E-state index >= 15 is 0 Å². The van der Waals surface area contributed by atoms with Crippen molar-refractivity contribution in [2.24, 2.45) is 0 Å². The van der Waals surface area contributed by atoms with Gasteiger partial charge in [0.1, 0.15) is 11.6 Å². The SMILES string of the molecule is CN1CCCCC1COc1ncc(C(=O)O)cc1Cl. The first-order valence-electron chi connectivity index (χ1n) is 6.30. The molecule has 1 fully saturated rings. The summed E-state index contributed by atoms with van der Waals surface area (Å²) in [5.41, 5.74) is 0.0622. The molecule has 0 radical (unpaired) electrons. The third-order valence-corrected chi connectivity index (χ3v) is 3.66. The van der Waals surface area contributed by atoms with Crippen LogP contribution in [0.3, 0.4) is 0 Å².